The Morgan fingerprint density at radius 3 is 2.80 bits per heavy atom. The predicted molar refractivity (Wildman–Crippen MR) is 67.4 cm³/mol. The highest BCUT2D eigenvalue weighted by Crippen LogP contribution is 2.26. The molecule has 0 fully saturated rings. The van der Waals surface area contributed by atoms with Crippen LogP contribution in [0.4, 0.5) is 0 Å². The average molecular weight is 238 g/mol. The minimum Gasteiger partial charge on any atom is -0.325 e. The molecule has 80 valence electrons. The fraction of sp³-hybridized carbons (Fsp3) is 0.364. The van der Waals surface area contributed by atoms with Crippen LogP contribution in [0, 0.1) is 0 Å². The van der Waals surface area contributed by atoms with Crippen molar-refractivity contribution in [3.8, 4) is 10.6 Å². The highest BCUT2D eigenvalue weighted by atomic mass is 32.1. The molecule has 0 unspecified atom stereocenters. The second-order valence-corrected chi connectivity index (χ2v) is 5.96. The molecule has 0 aliphatic rings. The van der Waals surface area contributed by atoms with Crippen LogP contribution in [-0.4, -0.2) is 10.5 Å². The van der Waals surface area contributed by atoms with Gasteiger partial charge in [0.2, 0.25) is 0 Å². The van der Waals surface area contributed by atoms with Crippen LogP contribution in [-0.2, 0) is 6.42 Å². The van der Waals surface area contributed by atoms with Gasteiger partial charge in [-0.25, -0.2) is 4.98 Å². The zero-order chi connectivity index (χ0) is 10.9. The molecule has 0 spiro atoms. The molecule has 2 heterocycles. The lowest BCUT2D eigenvalue weighted by Crippen LogP contribution is -2.34. The van der Waals surface area contributed by atoms with Gasteiger partial charge in [0.05, 0.1) is 5.69 Å². The maximum Gasteiger partial charge on any atom is 0.124 e. The Labute approximate surface area is 97.8 Å². The van der Waals surface area contributed by atoms with Crippen molar-refractivity contribution in [2.45, 2.75) is 25.8 Å². The van der Waals surface area contributed by atoms with E-state index in [4.69, 9.17) is 5.73 Å². The van der Waals surface area contributed by atoms with Crippen molar-refractivity contribution in [2.75, 3.05) is 0 Å². The Balaban J connectivity index is 2.18. The molecular weight excluding hydrogens is 224 g/mol. The van der Waals surface area contributed by atoms with E-state index in [1.807, 2.05) is 13.8 Å². The molecular formula is C11H14N2S2. The molecule has 2 rings (SSSR count). The lowest BCUT2D eigenvalue weighted by atomic mass is 10.0. The van der Waals surface area contributed by atoms with Crippen LogP contribution in [0.3, 0.4) is 0 Å². The molecule has 4 heteroatoms. The largest absolute Gasteiger partial charge is 0.325 e. The molecule has 0 saturated heterocycles. The van der Waals surface area contributed by atoms with Gasteiger partial charge in [0.15, 0.2) is 0 Å². The summed E-state index contributed by atoms with van der Waals surface area (Å²) in [5, 5.41) is 7.39. The van der Waals surface area contributed by atoms with Gasteiger partial charge in [-0.15, -0.1) is 11.3 Å². The van der Waals surface area contributed by atoms with Crippen molar-refractivity contribution in [1.82, 2.24) is 4.98 Å². The molecule has 0 aliphatic heterocycles. The number of thiazole rings is 1. The van der Waals surface area contributed by atoms with Crippen LogP contribution in [0.1, 0.15) is 19.5 Å². The highest BCUT2D eigenvalue weighted by Gasteiger charge is 2.14. The molecule has 0 atom stereocenters. The standard InChI is InChI=1S/C11H14N2S2/c1-11(2,12)5-9-7-15-10(13-9)8-3-4-14-6-8/h3-4,6-7H,5,12H2,1-2H3. The van der Waals surface area contributed by atoms with Gasteiger partial charge in [-0.3, -0.25) is 0 Å². The van der Waals surface area contributed by atoms with Crippen LogP contribution < -0.4 is 5.73 Å². The number of hydrogen-bond acceptors (Lipinski definition) is 4. The van der Waals surface area contributed by atoms with Gasteiger partial charge in [0.25, 0.3) is 0 Å². The molecule has 0 aliphatic carbocycles. The third-order valence-electron chi connectivity index (χ3n) is 1.96. The maximum atomic E-state index is 5.96. The Kier molecular flexibility index (Phi) is 2.91. The van der Waals surface area contributed by atoms with E-state index in [0.29, 0.717) is 0 Å². The first-order chi connectivity index (χ1) is 7.04. The number of hydrogen-bond donors (Lipinski definition) is 1. The number of thiophene rings is 1. The first kappa shape index (κ1) is 10.8. The molecule has 0 bridgehead atoms. The van der Waals surface area contributed by atoms with Gasteiger partial charge in [-0.2, -0.15) is 11.3 Å². The smallest absolute Gasteiger partial charge is 0.124 e. The normalized spacial score (nSPS) is 11.9. The van der Waals surface area contributed by atoms with E-state index in [1.54, 1.807) is 22.7 Å². The Bertz CT molecular complexity index is 424. The first-order valence-electron chi connectivity index (χ1n) is 4.80. The fourth-order valence-corrected chi connectivity index (χ4v) is 2.91. The maximum absolute atomic E-state index is 5.96. The van der Waals surface area contributed by atoms with Crippen LogP contribution in [0.5, 0.6) is 0 Å². The molecule has 15 heavy (non-hydrogen) atoms. The van der Waals surface area contributed by atoms with E-state index in [9.17, 15) is 0 Å². The van der Waals surface area contributed by atoms with Crippen molar-refractivity contribution < 1.29 is 0 Å². The summed E-state index contributed by atoms with van der Waals surface area (Å²) in [6.45, 7) is 4.05. The second-order valence-electron chi connectivity index (χ2n) is 4.32. The van der Waals surface area contributed by atoms with Gasteiger partial charge >= 0.3 is 0 Å². The predicted octanol–water partition coefficient (Wildman–Crippen LogP) is 3.15. The number of nitrogens with zero attached hydrogens (tertiary/aromatic N) is 1. The van der Waals surface area contributed by atoms with Crippen molar-refractivity contribution in [1.29, 1.82) is 0 Å². The number of aromatic nitrogens is 1. The Morgan fingerprint density at radius 1 is 1.40 bits per heavy atom. The van der Waals surface area contributed by atoms with E-state index < -0.39 is 0 Å². The van der Waals surface area contributed by atoms with E-state index in [1.165, 1.54) is 5.56 Å². The topological polar surface area (TPSA) is 38.9 Å². The third-order valence-corrected chi connectivity index (χ3v) is 3.58. The monoisotopic (exact) mass is 238 g/mol. The zero-order valence-corrected chi connectivity index (χ0v) is 10.5. The summed E-state index contributed by atoms with van der Waals surface area (Å²) in [6, 6.07) is 2.10. The summed E-state index contributed by atoms with van der Waals surface area (Å²) < 4.78 is 0. The Hall–Kier alpha value is -0.710. The number of rotatable bonds is 3. The summed E-state index contributed by atoms with van der Waals surface area (Å²) in [7, 11) is 0. The molecule has 0 saturated carbocycles. The lowest BCUT2D eigenvalue weighted by Gasteiger charge is -2.15. The van der Waals surface area contributed by atoms with Gasteiger partial charge in [0.1, 0.15) is 5.01 Å². The van der Waals surface area contributed by atoms with Crippen LogP contribution >= 0.6 is 22.7 Å². The van der Waals surface area contributed by atoms with E-state index in [-0.39, 0.29) is 5.54 Å². The van der Waals surface area contributed by atoms with Gasteiger partial charge in [-0.1, -0.05) is 0 Å². The molecule has 0 aromatic carbocycles. The molecule has 2 N–H and O–H groups in total. The minimum absolute atomic E-state index is 0.181. The summed E-state index contributed by atoms with van der Waals surface area (Å²) in [5.74, 6) is 0. The van der Waals surface area contributed by atoms with Gasteiger partial charge in [-0.05, 0) is 25.3 Å². The molecule has 0 radical (unpaired) electrons. The molecule has 2 aromatic rings. The van der Waals surface area contributed by atoms with Crippen molar-refractivity contribution in [3.05, 3.63) is 27.9 Å². The van der Waals surface area contributed by atoms with Gasteiger partial charge in [0, 0.05) is 28.3 Å². The van der Waals surface area contributed by atoms with Crippen molar-refractivity contribution >= 4 is 22.7 Å². The third kappa shape index (κ3) is 2.87. The van der Waals surface area contributed by atoms with Crippen LogP contribution in [0.25, 0.3) is 10.6 Å². The second kappa shape index (κ2) is 4.04. The summed E-state index contributed by atoms with van der Waals surface area (Å²) in [4.78, 5) is 4.58. The zero-order valence-electron chi connectivity index (χ0n) is 8.86. The summed E-state index contributed by atoms with van der Waals surface area (Å²) in [5.41, 5.74) is 8.09. The van der Waals surface area contributed by atoms with E-state index >= 15 is 0 Å². The lowest BCUT2D eigenvalue weighted by molar-refractivity contribution is 0.511. The Morgan fingerprint density at radius 2 is 2.20 bits per heavy atom. The quantitative estimate of drug-likeness (QED) is 0.892. The average Bonchev–Trinajstić information content (AvgIpc) is 2.68. The fourth-order valence-electron chi connectivity index (χ4n) is 1.37. The van der Waals surface area contributed by atoms with Crippen molar-refractivity contribution in [3.63, 3.8) is 0 Å². The molecule has 0 amide bonds. The van der Waals surface area contributed by atoms with Crippen LogP contribution in [0.2, 0.25) is 0 Å². The molecule has 2 nitrogen and oxygen atoms in total. The van der Waals surface area contributed by atoms with Gasteiger partial charge < -0.3 is 5.73 Å². The SMILES string of the molecule is CC(C)(N)Cc1csc(-c2ccsc2)n1. The highest BCUT2D eigenvalue weighted by molar-refractivity contribution is 7.14. The van der Waals surface area contributed by atoms with E-state index in [0.717, 1.165) is 17.1 Å². The van der Waals surface area contributed by atoms with Crippen LogP contribution in [0.15, 0.2) is 22.2 Å². The van der Waals surface area contributed by atoms with Crippen molar-refractivity contribution in [2.24, 2.45) is 5.73 Å². The number of nitrogens with two attached hydrogens (primary N) is 1. The summed E-state index contributed by atoms with van der Waals surface area (Å²) in [6.07, 6.45) is 0.827. The minimum atomic E-state index is -0.181. The first-order valence-corrected chi connectivity index (χ1v) is 6.63. The molecule has 2 aromatic heterocycles. The summed E-state index contributed by atoms with van der Waals surface area (Å²) >= 11 is 3.39. The van der Waals surface area contributed by atoms with E-state index in [2.05, 4.69) is 27.2 Å².